The summed E-state index contributed by atoms with van der Waals surface area (Å²) in [7, 11) is 0. The molecule has 2 fully saturated rings. The summed E-state index contributed by atoms with van der Waals surface area (Å²) in [6.45, 7) is 2.93. The van der Waals surface area contributed by atoms with E-state index in [1.807, 2.05) is 60.7 Å². The Bertz CT molecular complexity index is 1220. The monoisotopic (exact) mass is 492 g/mol. The highest BCUT2D eigenvalue weighted by Gasteiger charge is 2.62. The summed E-state index contributed by atoms with van der Waals surface area (Å²) >= 11 is 1.47. The summed E-state index contributed by atoms with van der Waals surface area (Å²) in [5.41, 5.74) is 0.0101. The molecule has 1 N–H and O–H groups in total. The second kappa shape index (κ2) is 9.43. The van der Waals surface area contributed by atoms with Crippen LogP contribution < -0.4 is 0 Å². The molecule has 2 aromatic carbocycles. The normalized spacial score (nSPS) is 21.6. The van der Waals surface area contributed by atoms with Crippen LogP contribution in [0.15, 0.2) is 60.7 Å². The van der Waals surface area contributed by atoms with Crippen LogP contribution in [-0.2, 0) is 20.9 Å². The van der Waals surface area contributed by atoms with E-state index in [4.69, 9.17) is 4.74 Å². The molecule has 0 bridgehead atoms. The zero-order valence-corrected chi connectivity index (χ0v) is 20.4. The summed E-state index contributed by atoms with van der Waals surface area (Å²) in [5, 5.41) is 11.9. The molecule has 2 saturated heterocycles. The van der Waals surface area contributed by atoms with Gasteiger partial charge in [0.15, 0.2) is 0 Å². The molecule has 0 radical (unpaired) electrons. The maximum Gasteiger partial charge on any atom is 0.314 e. The molecule has 3 aromatic rings. The molecule has 2 aliphatic rings. The molecule has 7 nitrogen and oxygen atoms in total. The Balaban J connectivity index is 1.42. The molecule has 2 atom stereocenters. The van der Waals surface area contributed by atoms with Crippen molar-refractivity contribution in [2.45, 2.75) is 38.0 Å². The van der Waals surface area contributed by atoms with Crippen molar-refractivity contribution in [2.75, 3.05) is 19.7 Å². The zero-order valence-electron chi connectivity index (χ0n) is 19.6. The third-order valence-electron chi connectivity index (χ3n) is 7.23. The van der Waals surface area contributed by atoms with E-state index in [1.54, 1.807) is 16.7 Å². The highest BCUT2D eigenvalue weighted by atomic mass is 32.1. The van der Waals surface area contributed by atoms with Gasteiger partial charge in [-0.05, 0) is 42.8 Å². The first kappa shape index (κ1) is 23.5. The number of carbonyl (C=O) groups is 3. The Morgan fingerprint density at radius 3 is 2.46 bits per heavy atom. The van der Waals surface area contributed by atoms with E-state index in [0.717, 1.165) is 15.6 Å². The molecule has 1 aromatic heterocycles. The lowest BCUT2D eigenvalue weighted by Crippen LogP contribution is -2.58. The van der Waals surface area contributed by atoms with Crippen molar-refractivity contribution >= 4 is 39.2 Å². The van der Waals surface area contributed by atoms with Crippen molar-refractivity contribution in [3.05, 3.63) is 71.1 Å². The standard InChI is InChI=1S/C27H28N2O5S/c1-2-34-26(33)22-23(30)25(32)29(17-18-8-4-3-5-9-18)27(22)12-14-28(15-13-27)24(31)21-16-19-10-6-7-11-20(19)35-21/h3-11,16,22-23,30H,2,12-15,17H2,1H3/t22-,23+/m0/s1. The summed E-state index contributed by atoms with van der Waals surface area (Å²) in [4.78, 5) is 43.6. The summed E-state index contributed by atoms with van der Waals surface area (Å²) in [5.74, 6) is -2.06. The first-order chi connectivity index (χ1) is 16.9. The molecule has 1 spiro atoms. The van der Waals surface area contributed by atoms with Gasteiger partial charge in [0.25, 0.3) is 11.8 Å². The maximum absolute atomic E-state index is 13.3. The van der Waals surface area contributed by atoms with Crippen LogP contribution in [0.1, 0.15) is 35.0 Å². The third-order valence-corrected chi connectivity index (χ3v) is 8.33. The lowest BCUT2D eigenvalue weighted by molar-refractivity contribution is -0.156. The second-order valence-electron chi connectivity index (χ2n) is 9.13. The van der Waals surface area contributed by atoms with Gasteiger partial charge in [0.05, 0.1) is 17.0 Å². The Labute approximate surface area is 207 Å². The number of fused-ring (bicyclic) bond motifs is 1. The molecule has 2 aliphatic heterocycles. The number of aliphatic hydroxyl groups excluding tert-OH is 1. The van der Waals surface area contributed by atoms with Gasteiger partial charge in [-0.1, -0.05) is 48.5 Å². The molecule has 0 saturated carbocycles. The van der Waals surface area contributed by atoms with Gasteiger partial charge in [0, 0.05) is 24.3 Å². The third kappa shape index (κ3) is 4.10. The van der Waals surface area contributed by atoms with Crippen LogP contribution in [0, 0.1) is 5.92 Å². The first-order valence-electron chi connectivity index (χ1n) is 11.9. The van der Waals surface area contributed by atoms with E-state index in [2.05, 4.69) is 0 Å². The average molecular weight is 493 g/mol. The van der Waals surface area contributed by atoms with Gasteiger partial charge in [0.1, 0.15) is 12.0 Å². The number of benzene rings is 2. The molecule has 5 rings (SSSR count). The van der Waals surface area contributed by atoms with Crippen molar-refractivity contribution in [1.29, 1.82) is 0 Å². The van der Waals surface area contributed by atoms with E-state index in [9.17, 15) is 19.5 Å². The van der Waals surface area contributed by atoms with Gasteiger partial charge < -0.3 is 19.6 Å². The molecular weight excluding hydrogens is 464 g/mol. The van der Waals surface area contributed by atoms with Gasteiger partial charge in [0.2, 0.25) is 0 Å². The Hall–Kier alpha value is -3.23. The number of aliphatic hydroxyl groups is 1. The van der Waals surface area contributed by atoms with Gasteiger partial charge in [-0.2, -0.15) is 0 Å². The van der Waals surface area contributed by atoms with Crippen LogP contribution in [0.2, 0.25) is 0 Å². The number of esters is 1. The fourth-order valence-electron chi connectivity index (χ4n) is 5.49. The Kier molecular flexibility index (Phi) is 6.34. The number of likely N-dealkylation sites (tertiary alicyclic amines) is 2. The van der Waals surface area contributed by atoms with Gasteiger partial charge >= 0.3 is 5.97 Å². The SMILES string of the molecule is CCOC(=O)[C@@H]1[C@@H](O)C(=O)N(Cc2ccccc2)C12CCN(C(=O)c1cc3ccccc3s1)CC2. The van der Waals surface area contributed by atoms with Crippen molar-refractivity contribution in [2.24, 2.45) is 5.92 Å². The molecule has 0 unspecified atom stereocenters. The predicted molar refractivity (Wildman–Crippen MR) is 133 cm³/mol. The number of thiophene rings is 1. The Morgan fingerprint density at radius 1 is 1.09 bits per heavy atom. The largest absolute Gasteiger partial charge is 0.466 e. The van der Waals surface area contributed by atoms with Crippen LogP contribution in [0.5, 0.6) is 0 Å². The molecule has 2 amide bonds. The fourth-order valence-corrected chi connectivity index (χ4v) is 6.52. The second-order valence-corrected chi connectivity index (χ2v) is 10.2. The van der Waals surface area contributed by atoms with Crippen LogP contribution in [0.4, 0.5) is 0 Å². The molecule has 0 aliphatic carbocycles. The topological polar surface area (TPSA) is 87.2 Å². The minimum Gasteiger partial charge on any atom is -0.466 e. The van der Waals surface area contributed by atoms with E-state index >= 15 is 0 Å². The lowest BCUT2D eigenvalue weighted by Gasteiger charge is -2.47. The number of piperidine rings is 1. The summed E-state index contributed by atoms with van der Waals surface area (Å²) < 4.78 is 6.35. The minimum atomic E-state index is -1.46. The van der Waals surface area contributed by atoms with Crippen LogP contribution >= 0.6 is 11.3 Å². The summed E-state index contributed by atoms with van der Waals surface area (Å²) in [6, 6.07) is 19.4. The van der Waals surface area contributed by atoms with Gasteiger partial charge in [-0.15, -0.1) is 11.3 Å². The number of carbonyl (C=O) groups excluding carboxylic acids is 3. The first-order valence-corrected chi connectivity index (χ1v) is 12.7. The van der Waals surface area contributed by atoms with Crippen LogP contribution in [0.25, 0.3) is 10.1 Å². The quantitative estimate of drug-likeness (QED) is 0.552. The van der Waals surface area contributed by atoms with E-state index in [0.29, 0.717) is 30.8 Å². The Morgan fingerprint density at radius 2 is 1.77 bits per heavy atom. The van der Waals surface area contributed by atoms with E-state index in [-0.39, 0.29) is 19.1 Å². The number of nitrogens with zero attached hydrogens (tertiary/aromatic N) is 2. The van der Waals surface area contributed by atoms with Crippen molar-refractivity contribution < 1.29 is 24.2 Å². The average Bonchev–Trinajstić information content (AvgIpc) is 3.39. The molecule has 8 heteroatoms. The highest BCUT2D eigenvalue weighted by molar-refractivity contribution is 7.20. The number of hydrogen-bond acceptors (Lipinski definition) is 6. The fraction of sp³-hybridized carbons (Fsp3) is 0.370. The molecular formula is C27H28N2O5S. The van der Waals surface area contributed by atoms with E-state index < -0.39 is 29.4 Å². The van der Waals surface area contributed by atoms with Crippen molar-refractivity contribution in [1.82, 2.24) is 9.80 Å². The number of rotatable bonds is 5. The van der Waals surface area contributed by atoms with Crippen LogP contribution in [-0.4, -0.2) is 64.0 Å². The minimum absolute atomic E-state index is 0.0479. The predicted octanol–water partition coefficient (Wildman–Crippen LogP) is 3.46. The number of ether oxygens (including phenoxy) is 1. The molecule has 35 heavy (non-hydrogen) atoms. The lowest BCUT2D eigenvalue weighted by atomic mass is 9.75. The molecule has 182 valence electrons. The van der Waals surface area contributed by atoms with Crippen molar-refractivity contribution in [3.8, 4) is 0 Å². The highest BCUT2D eigenvalue weighted by Crippen LogP contribution is 2.45. The van der Waals surface area contributed by atoms with Crippen LogP contribution in [0.3, 0.4) is 0 Å². The zero-order chi connectivity index (χ0) is 24.6. The van der Waals surface area contributed by atoms with Gasteiger partial charge in [-0.3, -0.25) is 14.4 Å². The van der Waals surface area contributed by atoms with Crippen molar-refractivity contribution in [3.63, 3.8) is 0 Å². The van der Waals surface area contributed by atoms with E-state index in [1.165, 1.54) is 11.3 Å². The number of amides is 2. The smallest absolute Gasteiger partial charge is 0.314 e. The number of hydrogen-bond donors (Lipinski definition) is 1. The summed E-state index contributed by atoms with van der Waals surface area (Å²) in [6.07, 6.45) is -0.673. The molecule has 3 heterocycles. The van der Waals surface area contributed by atoms with Gasteiger partial charge in [-0.25, -0.2) is 0 Å². The maximum atomic E-state index is 13.3.